The Morgan fingerprint density at radius 2 is 1.95 bits per heavy atom. The number of ether oxygens (including phenoxy) is 1. The summed E-state index contributed by atoms with van der Waals surface area (Å²) in [5.74, 6) is -0.466. The maximum atomic E-state index is 12.3. The minimum absolute atomic E-state index is 0.115. The average Bonchev–Trinajstić information content (AvgIpc) is 3.01. The van der Waals surface area contributed by atoms with Crippen molar-refractivity contribution in [3.8, 4) is 0 Å². The van der Waals surface area contributed by atoms with Gasteiger partial charge in [0.25, 0.3) is 0 Å². The first-order chi connectivity index (χ1) is 10.4. The van der Waals surface area contributed by atoms with E-state index in [0.717, 1.165) is 4.88 Å². The molecule has 5 nitrogen and oxygen atoms in total. The van der Waals surface area contributed by atoms with E-state index in [1.165, 1.54) is 35.6 Å². The maximum absolute atomic E-state index is 12.3. The van der Waals surface area contributed by atoms with Crippen molar-refractivity contribution in [3.05, 3.63) is 52.2 Å². The first-order valence-electron chi connectivity index (χ1n) is 6.77. The van der Waals surface area contributed by atoms with Crippen LogP contribution in [-0.2, 0) is 14.8 Å². The molecule has 0 radical (unpaired) electrons. The second kappa shape index (κ2) is 7.04. The number of hydrogen-bond acceptors (Lipinski definition) is 5. The molecule has 7 heteroatoms. The molecule has 0 amide bonds. The van der Waals surface area contributed by atoms with Crippen LogP contribution in [0.25, 0.3) is 0 Å². The van der Waals surface area contributed by atoms with E-state index in [1.807, 2.05) is 17.5 Å². The molecule has 2 rings (SSSR count). The molecular weight excluding hydrogens is 322 g/mol. The Balaban J connectivity index is 2.14. The van der Waals surface area contributed by atoms with Crippen molar-refractivity contribution in [2.24, 2.45) is 0 Å². The number of hydrogen-bond donors (Lipinski definition) is 1. The first-order valence-corrected chi connectivity index (χ1v) is 9.13. The third kappa shape index (κ3) is 3.94. The molecule has 0 saturated heterocycles. The number of benzene rings is 1. The van der Waals surface area contributed by atoms with Crippen LogP contribution < -0.4 is 4.72 Å². The van der Waals surface area contributed by atoms with Gasteiger partial charge in [-0.1, -0.05) is 6.07 Å². The molecule has 0 aliphatic carbocycles. The van der Waals surface area contributed by atoms with Crippen LogP contribution in [0.2, 0.25) is 0 Å². The summed E-state index contributed by atoms with van der Waals surface area (Å²) in [6.07, 6.45) is 0. The molecular formula is C15H17NO4S2. The fourth-order valence-electron chi connectivity index (χ4n) is 1.88. The fraction of sp³-hybridized carbons (Fsp3) is 0.267. The topological polar surface area (TPSA) is 72.5 Å². The Morgan fingerprint density at radius 1 is 1.27 bits per heavy atom. The molecule has 0 saturated carbocycles. The molecule has 1 atom stereocenters. The highest BCUT2D eigenvalue weighted by Gasteiger charge is 2.19. The van der Waals surface area contributed by atoms with E-state index < -0.39 is 16.0 Å². The summed E-state index contributed by atoms with van der Waals surface area (Å²) in [5.41, 5.74) is 0.326. The number of rotatable bonds is 6. The number of esters is 1. The molecule has 22 heavy (non-hydrogen) atoms. The lowest BCUT2D eigenvalue weighted by molar-refractivity contribution is 0.0526. The zero-order valence-corrected chi connectivity index (χ0v) is 13.9. The molecule has 1 heterocycles. The highest BCUT2D eigenvalue weighted by Crippen LogP contribution is 2.21. The molecule has 0 fully saturated rings. The summed E-state index contributed by atoms with van der Waals surface area (Å²) in [6.45, 7) is 3.78. The third-order valence-corrected chi connectivity index (χ3v) is 5.59. The van der Waals surface area contributed by atoms with Gasteiger partial charge in [0.05, 0.1) is 23.1 Å². The van der Waals surface area contributed by atoms with Crippen molar-refractivity contribution in [1.29, 1.82) is 0 Å². The van der Waals surface area contributed by atoms with E-state index in [0.29, 0.717) is 5.56 Å². The van der Waals surface area contributed by atoms with Crippen molar-refractivity contribution in [1.82, 2.24) is 4.72 Å². The zero-order chi connectivity index (χ0) is 16.2. The lowest BCUT2D eigenvalue weighted by atomic mass is 10.2. The van der Waals surface area contributed by atoms with Gasteiger partial charge in [0.2, 0.25) is 10.0 Å². The Morgan fingerprint density at radius 3 is 2.50 bits per heavy atom. The SMILES string of the molecule is CCOC(=O)c1ccc(S(=O)(=O)NC(C)c2cccs2)cc1. The number of carbonyl (C=O) groups is 1. The van der Waals surface area contributed by atoms with Crippen LogP contribution in [0.15, 0.2) is 46.7 Å². The predicted molar refractivity (Wildman–Crippen MR) is 85.5 cm³/mol. The maximum Gasteiger partial charge on any atom is 0.338 e. The van der Waals surface area contributed by atoms with Crippen LogP contribution in [0.1, 0.15) is 35.1 Å². The number of carbonyl (C=O) groups excluding carboxylic acids is 1. The second-order valence-corrected chi connectivity index (χ2v) is 7.30. The van der Waals surface area contributed by atoms with Crippen LogP contribution in [0, 0.1) is 0 Å². The number of sulfonamides is 1. The van der Waals surface area contributed by atoms with Crippen molar-refractivity contribution >= 4 is 27.3 Å². The van der Waals surface area contributed by atoms with Crippen molar-refractivity contribution < 1.29 is 17.9 Å². The van der Waals surface area contributed by atoms with Gasteiger partial charge in [0, 0.05) is 4.88 Å². The van der Waals surface area contributed by atoms with Crippen LogP contribution in [0.4, 0.5) is 0 Å². The number of thiophene rings is 1. The highest BCUT2D eigenvalue weighted by atomic mass is 32.2. The van der Waals surface area contributed by atoms with Gasteiger partial charge in [-0.05, 0) is 49.6 Å². The summed E-state index contributed by atoms with van der Waals surface area (Å²) in [6, 6.07) is 9.13. The van der Waals surface area contributed by atoms with Crippen molar-refractivity contribution in [2.75, 3.05) is 6.61 Å². The predicted octanol–water partition coefficient (Wildman–Crippen LogP) is 2.96. The molecule has 1 N–H and O–H groups in total. The monoisotopic (exact) mass is 339 g/mol. The van der Waals surface area contributed by atoms with E-state index in [-0.39, 0.29) is 17.5 Å². The summed E-state index contributed by atoms with van der Waals surface area (Å²) in [5, 5.41) is 1.90. The van der Waals surface area contributed by atoms with Gasteiger partial charge in [0.1, 0.15) is 0 Å². The first kappa shape index (κ1) is 16.7. The smallest absolute Gasteiger partial charge is 0.338 e. The van der Waals surface area contributed by atoms with Gasteiger partial charge >= 0.3 is 5.97 Å². The number of nitrogens with one attached hydrogen (secondary N) is 1. The summed E-state index contributed by atoms with van der Waals surface area (Å²) in [4.78, 5) is 12.6. The quantitative estimate of drug-likeness (QED) is 0.821. The van der Waals surface area contributed by atoms with Crippen LogP contribution in [0.3, 0.4) is 0 Å². The van der Waals surface area contributed by atoms with E-state index in [2.05, 4.69) is 4.72 Å². The summed E-state index contributed by atoms with van der Waals surface area (Å²) in [7, 11) is -3.64. The molecule has 2 aromatic rings. The van der Waals surface area contributed by atoms with Crippen molar-refractivity contribution in [3.63, 3.8) is 0 Å². The van der Waals surface area contributed by atoms with Gasteiger partial charge < -0.3 is 4.74 Å². The van der Waals surface area contributed by atoms with E-state index in [4.69, 9.17) is 4.74 Å². The summed E-state index contributed by atoms with van der Waals surface area (Å²) >= 11 is 1.49. The molecule has 1 unspecified atom stereocenters. The molecule has 0 spiro atoms. The molecule has 0 aliphatic heterocycles. The summed E-state index contributed by atoms with van der Waals surface area (Å²) < 4.78 is 32.1. The lowest BCUT2D eigenvalue weighted by Crippen LogP contribution is -2.26. The molecule has 1 aromatic heterocycles. The highest BCUT2D eigenvalue weighted by molar-refractivity contribution is 7.89. The second-order valence-electron chi connectivity index (χ2n) is 4.60. The largest absolute Gasteiger partial charge is 0.462 e. The van der Waals surface area contributed by atoms with Crippen LogP contribution in [0.5, 0.6) is 0 Å². The lowest BCUT2D eigenvalue weighted by Gasteiger charge is -2.13. The average molecular weight is 339 g/mol. The molecule has 0 bridgehead atoms. The van der Waals surface area contributed by atoms with Gasteiger partial charge in [-0.2, -0.15) is 0 Å². The standard InChI is InChI=1S/C15H17NO4S2/c1-3-20-15(17)12-6-8-13(9-7-12)22(18,19)16-11(2)14-5-4-10-21-14/h4-11,16H,3H2,1-2H3. The van der Waals surface area contributed by atoms with Gasteiger partial charge in [0.15, 0.2) is 0 Å². The minimum atomic E-state index is -3.64. The van der Waals surface area contributed by atoms with Gasteiger partial charge in [-0.3, -0.25) is 0 Å². The normalized spacial score (nSPS) is 12.8. The Hall–Kier alpha value is -1.70. The van der Waals surface area contributed by atoms with Gasteiger partial charge in [-0.15, -0.1) is 11.3 Å². The fourth-order valence-corrected chi connectivity index (χ4v) is 3.91. The molecule has 0 aliphatic rings. The molecule has 1 aromatic carbocycles. The van der Waals surface area contributed by atoms with E-state index >= 15 is 0 Å². The molecule has 118 valence electrons. The Labute approximate surface area is 134 Å². The Bertz CT molecular complexity index is 721. The van der Waals surface area contributed by atoms with Crippen molar-refractivity contribution in [2.45, 2.75) is 24.8 Å². The third-order valence-electron chi connectivity index (χ3n) is 2.98. The Kier molecular flexibility index (Phi) is 5.33. The van der Waals surface area contributed by atoms with Crippen LogP contribution in [-0.4, -0.2) is 21.0 Å². The zero-order valence-electron chi connectivity index (χ0n) is 12.3. The van der Waals surface area contributed by atoms with E-state index in [1.54, 1.807) is 13.8 Å². The minimum Gasteiger partial charge on any atom is -0.462 e. The van der Waals surface area contributed by atoms with Crippen LogP contribution >= 0.6 is 11.3 Å². The van der Waals surface area contributed by atoms with E-state index in [9.17, 15) is 13.2 Å². The van der Waals surface area contributed by atoms with Gasteiger partial charge in [-0.25, -0.2) is 17.9 Å².